The van der Waals surface area contributed by atoms with Crippen molar-refractivity contribution in [2.45, 2.75) is 11.8 Å². The summed E-state index contributed by atoms with van der Waals surface area (Å²) >= 11 is 7.68. The average molecular weight is 455 g/mol. The maximum Gasteiger partial charge on any atom is 0.335 e. The third kappa shape index (κ3) is 3.65. The molecule has 0 aliphatic carbocycles. The molecule has 2 rings (SSSR count). The fourth-order valence-corrected chi connectivity index (χ4v) is 6.55. The SMILES string of the molecule is Cc1cc(NS(=O)(=O)c2cc(Br)sc2Br)ccc1C(=O)O. The number of aromatic carboxylic acids is 1. The highest BCUT2D eigenvalue weighted by atomic mass is 79.9. The molecule has 0 spiro atoms. The van der Waals surface area contributed by atoms with Crippen LogP contribution in [0.2, 0.25) is 0 Å². The number of thiophene rings is 1. The van der Waals surface area contributed by atoms with Crippen molar-refractivity contribution in [1.82, 2.24) is 0 Å². The van der Waals surface area contributed by atoms with E-state index in [4.69, 9.17) is 5.11 Å². The van der Waals surface area contributed by atoms with Crippen LogP contribution in [0.25, 0.3) is 0 Å². The number of hydrogen-bond acceptors (Lipinski definition) is 4. The van der Waals surface area contributed by atoms with Crippen molar-refractivity contribution < 1.29 is 18.3 Å². The number of carboxylic acid groups (broad SMARTS) is 1. The lowest BCUT2D eigenvalue weighted by atomic mass is 10.1. The molecule has 1 heterocycles. The zero-order valence-corrected chi connectivity index (χ0v) is 15.4. The summed E-state index contributed by atoms with van der Waals surface area (Å²) in [6.07, 6.45) is 0. The molecule has 0 aliphatic rings. The molecule has 0 fully saturated rings. The molecule has 0 saturated carbocycles. The second-order valence-electron chi connectivity index (χ2n) is 4.13. The summed E-state index contributed by atoms with van der Waals surface area (Å²) in [5.41, 5.74) is 0.928. The Morgan fingerprint density at radius 3 is 2.43 bits per heavy atom. The maximum atomic E-state index is 12.3. The van der Waals surface area contributed by atoms with E-state index in [2.05, 4.69) is 36.6 Å². The summed E-state index contributed by atoms with van der Waals surface area (Å²) in [5, 5.41) is 8.96. The summed E-state index contributed by atoms with van der Waals surface area (Å²) in [6.45, 7) is 1.61. The lowest BCUT2D eigenvalue weighted by Crippen LogP contribution is -2.13. The summed E-state index contributed by atoms with van der Waals surface area (Å²) in [6, 6.07) is 5.77. The van der Waals surface area contributed by atoms with E-state index in [1.54, 1.807) is 6.92 Å². The number of carboxylic acids is 1. The Labute approximate surface area is 142 Å². The summed E-state index contributed by atoms with van der Waals surface area (Å²) < 4.78 is 28.2. The first kappa shape index (κ1) is 16.5. The molecule has 1 aromatic heterocycles. The highest BCUT2D eigenvalue weighted by Gasteiger charge is 2.21. The molecule has 21 heavy (non-hydrogen) atoms. The third-order valence-electron chi connectivity index (χ3n) is 2.62. The van der Waals surface area contributed by atoms with E-state index in [1.165, 1.54) is 35.6 Å². The van der Waals surface area contributed by atoms with Crippen molar-refractivity contribution in [2.24, 2.45) is 0 Å². The molecule has 0 radical (unpaired) electrons. The zero-order chi connectivity index (χ0) is 15.8. The Bertz CT molecular complexity index is 815. The van der Waals surface area contributed by atoms with Gasteiger partial charge in [-0.1, -0.05) is 0 Å². The first-order chi connectivity index (χ1) is 9.70. The van der Waals surface area contributed by atoms with E-state index >= 15 is 0 Å². The van der Waals surface area contributed by atoms with Crippen LogP contribution in [0.3, 0.4) is 0 Å². The molecule has 0 unspecified atom stereocenters. The Morgan fingerprint density at radius 2 is 1.95 bits per heavy atom. The molecule has 0 saturated heterocycles. The number of nitrogens with one attached hydrogen (secondary N) is 1. The molecule has 0 amide bonds. The van der Waals surface area contributed by atoms with Crippen LogP contribution in [0.4, 0.5) is 5.69 Å². The monoisotopic (exact) mass is 453 g/mol. The van der Waals surface area contributed by atoms with Crippen molar-refractivity contribution in [1.29, 1.82) is 0 Å². The topological polar surface area (TPSA) is 83.5 Å². The molecule has 1 aromatic carbocycles. The summed E-state index contributed by atoms with van der Waals surface area (Å²) in [5.74, 6) is -1.05. The third-order valence-corrected chi connectivity index (χ3v) is 6.76. The van der Waals surface area contributed by atoms with Gasteiger partial charge in [-0.2, -0.15) is 0 Å². The van der Waals surface area contributed by atoms with Crippen LogP contribution in [0.15, 0.2) is 36.7 Å². The highest BCUT2D eigenvalue weighted by molar-refractivity contribution is 9.12. The van der Waals surface area contributed by atoms with Crippen LogP contribution >= 0.6 is 43.2 Å². The van der Waals surface area contributed by atoms with Gasteiger partial charge < -0.3 is 5.11 Å². The fraction of sp³-hybridized carbons (Fsp3) is 0.0833. The lowest BCUT2D eigenvalue weighted by Gasteiger charge is -2.09. The van der Waals surface area contributed by atoms with Crippen molar-refractivity contribution in [2.75, 3.05) is 4.72 Å². The van der Waals surface area contributed by atoms with Gasteiger partial charge >= 0.3 is 5.97 Å². The van der Waals surface area contributed by atoms with E-state index in [0.29, 0.717) is 18.8 Å². The predicted molar refractivity (Wildman–Crippen MR) is 88.7 cm³/mol. The minimum Gasteiger partial charge on any atom is -0.478 e. The summed E-state index contributed by atoms with van der Waals surface area (Å²) in [4.78, 5) is 11.1. The average Bonchev–Trinajstić information content (AvgIpc) is 2.68. The van der Waals surface area contributed by atoms with Gasteiger partial charge in [-0.05, 0) is 68.6 Å². The Balaban J connectivity index is 2.35. The number of hydrogen-bond donors (Lipinski definition) is 2. The van der Waals surface area contributed by atoms with Crippen LogP contribution in [0, 0.1) is 6.92 Å². The van der Waals surface area contributed by atoms with Crippen LogP contribution < -0.4 is 4.72 Å². The van der Waals surface area contributed by atoms with Gasteiger partial charge in [-0.25, -0.2) is 13.2 Å². The molecular formula is C12H9Br2NO4S2. The van der Waals surface area contributed by atoms with Gasteiger partial charge in [0.15, 0.2) is 0 Å². The normalized spacial score (nSPS) is 11.4. The number of carbonyl (C=O) groups is 1. The fourth-order valence-electron chi connectivity index (χ4n) is 1.69. The lowest BCUT2D eigenvalue weighted by molar-refractivity contribution is 0.0696. The van der Waals surface area contributed by atoms with Crippen LogP contribution in [-0.4, -0.2) is 19.5 Å². The first-order valence-corrected chi connectivity index (χ1v) is 9.41. The number of halogens is 2. The molecule has 5 nitrogen and oxygen atoms in total. The van der Waals surface area contributed by atoms with Crippen LogP contribution in [0.5, 0.6) is 0 Å². The summed E-state index contributed by atoms with van der Waals surface area (Å²) in [7, 11) is -3.74. The molecular weight excluding hydrogens is 446 g/mol. The molecule has 2 N–H and O–H groups in total. The molecule has 112 valence electrons. The van der Waals surface area contributed by atoms with E-state index in [-0.39, 0.29) is 10.5 Å². The van der Waals surface area contributed by atoms with E-state index in [0.717, 1.165) is 0 Å². The first-order valence-electron chi connectivity index (χ1n) is 5.52. The standard InChI is InChI=1S/C12H9Br2NO4S2/c1-6-4-7(2-3-8(6)12(16)17)15-21(18,19)9-5-10(13)20-11(9)14/h2-5,15H,1H3,(H,16,17). The predicted octanol–water partition coefficient (Wildman–Crippen LogP) is 4.08. The van der Waals surface area contributed by atoms with Crippen molar-refractivity contribution >= 4 is 64.9 Å². The van der Waals surface area contributed by atoms with Crippen LogP contribution in [0.1, 0.15) is 15.9 Å². The minimum absolute atomic E-state index is 0.124. The molecule has 0 bridgehead atoms. The van der Waals surface area contributed by atoms with Crippen molar-refractivity contribution in [3.8, 4) is 0 Å². The minimum atomic E-state index is -3.74. The highest BCUT2D eigenvalue weighted by Crippen LogP contribution is 2.35. The molecule has 2 aromatic rings. The second-order valence-corrected chi connectivity index (χ2v) is 9.53. The van der Waals surface area contributed by atoms with Crippen molar-refractivity contribution in [3.63, 3.8) is 0 Å². The Hall–Kier alpha value is -0.900. The largest absolute Gasteiger partial charge is 0.478 e. The quantitative estimate of drug-likeness (QED) is 0.728. The van der Waals surface area contributed by atoms with Gasteiger partial charge in [-0.3, -0.25) is 4.72 Å². The number of rotatable bonds is 4. The molecule has 9 heteroatoms. The van der Waals surface area contributed by atoms with E-state index in [9.17, 15) is 13.2 Å². The smallest absolute Gasteiger partial charge is 0.335 e. The Morgan fingerprint density at radius 1 is 1.29 bits per heavy atom. The number of anilines is 1. The van der Waals surface area contributed by atoms with E-state index in [1.807, 2.05) is 0 Å². The van der Waals surface area contributed by atoms with Gasteiger partial charge in [0.2, 0.25) is 0 Å². The van der Waals surface area contributed by atoms with Gasteiger partial charge in [0, 0.05) is 5.69 Å². The maximum absolute atomic E-state index is 12.3. The van der Waals surface area contributed by atoms with Gasteiger partial charge in [0.1, 0.15) is 4.90 Å². The second kappa shape index (κ2) is 6.07. The number of sulfonamides is 1. The number of aryl methyl sites for hydroxylation is 1. The van der Waals surface area contributed by atoms with E-state index < -0.39 is 16.0 Å². The van der Waals surface area contributed by atoms with Gasteiger partial charge in [0.25, 0.3) is 10.0 Å². The molecule has 0 atom stereocenters. The Kier molecular flexibility index (Phi) is 4.76. The van der Waals surface area contributed by atoms with Crippen molar-refractivity contribution in [3.05, 3.63) is 43.0 Å². The number of benzene rings is 1. The molecule has 0 aliphatic heterocycles. The van der Waals surface area contributed by atoms with Gasteiger partial charge in [0.05, 0.1) is 13.1 Å². The van der Waals surface area contributed by atoms with Crippen LogP contribution in [-0.2, 0) is 10.0 Å². The zero-order valence-electron chi connectivity index (χ0n) is 10.6. The van der Waals surface area contributed by atoms with Gasteiger partial charge in [-0.15, -0.1) is 11.3 Å².